The summed E-state index contributed by atoms with van der Waals surface area (Å²) in [6.07, 6.45) is -0.649. The topological polar surface area (TPSA) is 83.9 Å². The summed E-state index contributed by atoms with van der Waals surface area (Å²) < 4.78 is 4.58. The molecule has 6 nitrogen and oxygen atoms in total. The molecule has 0 bridgehead atoms. The molecule has 1 aliphatic heterocycles. The Labute approximate surface area is 90.6 Å². The maximum atomic E-state index is 11.4. The van der Waals surface area contributed by atoms with E-state index in [2.05, 4.69) is 4.74 Å². The van der Waals surface area contributed by atoms with Crippen molar-refractivity contribution in [2.24, 2.45) is 0 Å². The Balaban J connectivity index is 2.36. The van der Waals surface area contributed by atoms with Crippen molar-refractivity contribution in [3.8, 4) is 0 Å². The molecule has 84 valence electrons. The minimum Gasteiger partial charge on any atom is -0.480 e. The third-order valence-electron chi connectivity index (χ3n) is 1.87. The summed E-state index contributed by atoms with van der Waals surface area (Å²) in [6.45, 7) is 1.95. The first-order valence-corrected chi connectivity index (χ1v) is 5.38. The molecule has 1 heterocycles. The van der Waals surface area contributed by atoms with Crippen LogP contribution in [0, 0.1) is 0 Å². The molecule has 1 rings (SSSR count). The molecule has 1 aliphatic rings. The third-order valence-corrected chi connectivity index (χ3v) is 2.98. The molecule has 1 N–H and O–H groups in total. The van der Waals surface area contributed by atoms with Gasteiger partial charge in [0, 0.05) is 0 Å². The number of hydrogen-bond donors (Lipinski definition) is 1. The fourth-order valence-corrected chi connectivity index (χ4v) is 1.66. The number of rotatable bonds is 4. The molecule has 7 heteroatoms. The SMILES string of the molecule is CC(SCC(=O)N1CCOC1=O)C(=O)O. The van der Waals surface area contributed by atoms with Gasteiger partial charge in [0.1, 0.15) is 6.61 Å². The molecule has 1 saturated heterocycles. The van der Waals surface area contributed by atoms with Gasteiger partial charge < -0.3 is 9.84 Å². The maximum absolute atomic E-state index is 11.4. The second-order valence-electron chi connectivity index (χ2n) is 2.95. The highest BCUT2D eigenvalue weighted by Crippen LogP contribution is 2.13. The number of hydrogen-bond acceptors (Lipinski definition) is 5. The average Bonchev–Trinajstić information content (AvgIpc) is 2.60. The first-order valence-electron chi connectivity index (χ1n) is 4.34. The van der Waals surface area contributed by atoms with Crippen molar-refractivity contribution in [1.82, 2.24) is 4.90 Å². The van der Waals surface area contributed by atoms with Crippen molar-refractivity contribution in [2.75, 3.05) is 18.9 Å². The molecule has 0 aromatic carbocycles. The van der Waals surface area contributed by atoms with Gasteiger partial charge in [-0.3, -0.25) is 9.59 Å². The molecule has 0 aliphatic carbocycles. The van der Waals surface area contributed by atoms with Crippen LogP contribution in [0.3, 0.4) is 0 Å². The first-order chi connectivity index (χ1) is 7.02. The Kier molecular flexibility index (Phi) is 3.96. The zero-order chi connectivity index (χ0) is 11.4. The van der Waals surface area contributed by atoms with Crippen LogP contribution in [-0.2, 0) is 14.3 Å². The molecule has 1 unspecified atom stereocenters. The van der Waals surface area contributed by atoms with Gasteiger partial charge in [0.15, 0.2) is 0 Å². The lowest BCUT2D eigenvalue weighted by Gasteiger charge is -2.11. The predicted octanol–water partition coefficient (Wildman–Crippen LogP) is 0.171. The second-order valence-corrected chi connectivity index (χ2v) is 4.28. The molecule has 0 spiro atoms. The maximum Gasteiger partial charge on any atom is 0.416 e. The molecule has 0 aromatic rings. The first kappa shape index (κ1) is 11.8. The minimum atomic E-state index is -0.975. The van der Waals surface area contributed by atoms with Crippen molar-refractivity contribution in [1.29, 1.82) is 0 Å². The lowest BCUT2D eigenvalue weighted by atomic mass is 10.5. The fourth-order valence-electron chi connectivity index (χ4n) is 0.965. The van der Waals surface area contributed by atoms with E-state index < -0.39 is 23.2 Å². The summed E-state index contributed by atoms with van der Waals surface area (Å²) in [5.74, 6) is -1.41. The monoisotopic (exact) mass is 233 g/mol. The number of carboxylic acids is 1. The number of carbonyl (C=O) groups excluding carboxylic acids is 2. The van der Waals surface area contributed by atoms with Crippen molar-refractivity contribution < 1.29 is 24.2 Å². The number of amides is 2. The normalized spacial score (nSPS) is 17.4. The Hall–Kier alpha value is -1.24. The van der Waals surface area contributed by atoms with E-state index in [9.17, 15) is 14.4 Å². The quantitative estimate of drug-likeness (QED) is 0.745. The smallest absolute Gasteiger partial charge is 0.416 e. The van der Waals surface area contributed by atoms with Gasteiger partial charge in [-0.25, -0.2) is 9.69 Å². The molecule has 0 aromatic heterocycles. The number of carboxylic acid groups (broad SMARTS) is 1. The van der Waals surface area contributed by atoms with Crippen molar-refractivity contribution in [3.05, 3.63) is 0 Å². The number of aliphatic carboxylic acids is 1. The van der Waals surface area contributed by atoms with Gasteiger partial charge in [0.2, 0.25) is 5.91 Å². The van der Waals surface area contributed by atoms with Gasteiger partial charge in [-0.15, -0.1) is 11.8 Å². The summed E-state index contributed by atoms with van der Waals surface area (Å²) in [4.78, 5) is 33.8. The molecule has 1 fully saturated rings. The van der Waals surface area contributed by atoms with Crippen LogP contribution < -0.4 is 0 Å². The number of thioether (sulfide) groups is 1. The molecule has 15 heavy (non-hydrogen) atoms. The van der Waals surface area contributed by atoms with Crippen LogP contribution in [0.25, 0.3) is 0 Å². The molecular formula is C8H11NO5S. The Bertz CT molecular complexity index is 293. The van der Waals surface area contributed by atoms with Crippen LogP contribution in [0.15, 0.2) is 0 Å². The lowest BCUT2D eigenvalue weighted by Crippen LogP contribution is -2.33. The number of imide groups is 1. The summed E-state index contributed by atoms with van der Waals surface area (Å²) >= 11 is 0.983. The second kappa shape index (κ2) is 5.01. The highest BCUT2D eigenvalue weighted by molar-refractivity contribution is 8.01. The van der Waals surface area contributed by atoms with Crippen LogP contribution in [0.1, 0.15) is 6.92 Å². The van der Waals surface area contributed by atoms with E-state index in [1.807, 2.05) is 0 Å². The van der Waals surface area contributed by atoms with Crippen LogP contribution in [0.2, 0.25) is 0 Å². The Morgan fingerprint density at radius 1 is 1.67 bits per heavy atom. The number of ether oxygens (including phenoxy) is 1. The molecule has 0 saturated carbocycles. The molecule has 0 radical (unpaired) electrons. The van der Waals surface area contributed by atoms with E-state index in [1.54, 1.807) is 0 Å². The zero-order valence-electron chi connectivity index (χ0n) is 8.13. The Morgan fingerprint density at radius 2 is 2.33 bits per heavy atom. The van der Waals surface area contributed by atoms with Crippen LogP contribution >= 0.6 is 11.8 Å². The van der Waals surface area contributed by atoms with Crippen LogP contribution in [0.5, 0.6) is 0 Å². The fraction of sp³-hybridized carbons (Fsp3) is 0.625. The molecule has 1 atom stereocenters. The van der Waals surface area contributed by atoms with E-state index in [-0.39, 0.29) is 18.9 Å². The van der Waals surface area contributed by atoms with Gasteiger partial charge in [-0.1, -0.05) is 0 Å². The van der Waals surface area contributed by atoms with Gasteiger partial charge in [-0.2, -0.15) is 0 Å². The van der Waals surface area contributed by atoms with Gasteiger partial charge in [0.25, 0.3) is 0 Å². The van der Waals surface area contributed by atoms with Crippen molar-refractivity contribution >= 4 is 29.7 Å². The molecule has 2 amide bonds. The van der Waals surface area contributed by atoms with E-state index in [1.165, 1.54) is 6.92 Å². The highest BCUT2D eigenvalue weighted by Gasteiger charge is 2.28. The van der Waals surface area contributed by atoms with Crippen LogP contribution in [0.4, 0.5) is 4.79 Å². The number of carbonyl (C=O) groups is 3. The largest absolute Gasteiger partial charge is 0.480 e. The predicted molar refractivity (Wildman–Crippen MR) is 52.6 cm³/mol. The van der Waals surface area contributed by atoms with Gasteiger partial charge in [0.05, 0.1) is 17.5 Å². The summed E-state index contributed by atoms with van der Waals surface area (Å²) in [5, 5.41) is 7.92. The average molecular weight is 233 g/mol. The summed E-state index contributed by atoms with van der Waals surface area (Å²) in [6, 6.07) is 0. The molecular weight excluding hydrogens is 222 g/mol. The van der Waals surface area contributed by atoms with Crippen molar-refractivity contribution in [3.63, 3.8) is 0 Å². The van der Waals surface area contributed by atoms with E-state index in [0.717, 1.165) is 16.7 Å². The van der Waals surface area contributed by atoms with Crippen molar-refractivity contribution in [2.45, 2.75) is 12.2 Å². The summed E-state index contributed by atoms with van der Waals surface area (Å²) in [7, 11) is 0. The minimum absolute atomic E-state index is 0.0252. The Morgan fingerprint density at radius 3 is 2.80 bits per heavy atom. The lowest BCUT2D eigenvalue weighted by molar-refractivity contribution is -0.136. The zero-order valence-corrected chi connectivity index (χ0v) is 8.95. The third kappa shape index (κ3) is 3.12. The van der Waals surface area contributed by atoms with E-state index >= 15 is 0 Å². The van der Waals surface area contributed by atoms with Gasteiger partial charge >= 0.3 is 12.1 Å². The van der Waals surface area contributed by atoms with E-state index in [4.69, 9.17) is 5.11 Å². The standard InChI is InChI=1S/C8H11NO5S/c1-5(7(11)12)15-4-6(10)9-2-3-14-8(9)13/h5H,2-4H2,1H3,(H,11,12). The van der Waals surface area contributed by atoms with Gasteiger partial charge in [-0.05, 0) is 6.92 Å². The van der Waals surface area contributed by atoms with Crippen LogP contribution in [-0.4, -0.2) is 52.1 Å². The number of cyclic esters (lactones) is 1. The van der Waals surface area contributed by atoms with E-state index in [0.29, 0.717) is 0 Å². The number of nitrogens with zero attached hydrogens (tertiary/aromatic N) is 1. The highest BCUT2D eigenvalue weighted by atomic mass is 32.2. The summed E-state index contributed by atoms with van der Waals surface area (Å²) in [5.41, 5.74) is 0.